The molecule has 0 saturated heterocycles. The molecule has 1 rings (SSSR count). The van der Waals surface area contributed by atoms with Crippen LogP contribution in [0.2, 0.25) is 0 Å². The van der Waals surface area contributed by atoms with Crippen LogP contribution in [0.5, 0.6) is 0 Å². The maximum atomic E-state index is 4.09. The molecule has 2 atom stereocenters. The first-order valence-electron chi connectivity index (χ1n) is 4.09. The molecule has 2 unspecified atom stereocenters. The van der Waals surface area contributed by atoms with Crippen molar-refractivity contribution < 1.29 is 0 Å². The van der Waals surface area contributed by atoms with Gasteiger partial charge in [0, 0.05) is 0 Å². The summed E-state index contributed by atoms with van der Waals surface area (Å²) < 4.78 is 1.91. The van der Waals surface area contributed by atoms with Gasteiger partial charge in [-0.2, -0.15) is 5.10 Å². The Balaban J connectivity index is 2.62. The lowest BCUT2D eigenvalue weighted by molar-refractivity contribution is 0.342. The topological polar surface area (TPSA) is 30.7 Å². The average Bonchev–Trinajstić information content (AvgIpc) is 2.53. The highest BCUT2D eigenvalue weighted by Gasteiger charge is 2.11. The molecule has 0 N–H and O–H groups in total. The van der Waals surface area contributed by atoms with Crippen molar-refractivity contribution in [2.45, 2.75) is 33.2 Å². The second-order valence-corrected chi connectivity index (χ2v) is 3.00. The van der Waals surface area contributed by atoms with Crippen LogP contribution >= 0.6 is 0 Å². The molecule has 0 saturated carbocycles. The molecule has 1 aromatic heterocycles. The van der Waals surface area contributed by atoms with Gasteiger partial charge in [0.25, 0.3) is 0 Å². The van der Waals surface area contributed by atoms with E-state index in [4.69, 9.17) is 0 Å². The highest BCUT2D eigenvalue weighted by atomic mass is 15.3. The van der Waals surface area contributed by atoms with Crippen molar-refractivity contribution in [1.29, 1.82) is 0 Å². The van der Waals surface area contributed by atoms with Crippen LogP contribution in [0.4, 0.5) is 0 Å². The molecule has 11 heavy (non-hydrogen) atoms. The van der Waals surface area contributed by atoms with Crippen molar-refractivity contribution in [2.75, 3.05) is 0 Å². The van der Waals surface area contributed by atoms with Gasteiger partial charge >= 0.3 is 0 Å². The maximum Gasteiger partial charge on any atom is 0.137 e. The summed E-state index contributed by atoms with van der Waals surface area (Å²) in [7, 11) is 0. The first kappa shape index (κ1) is 8.24. The van der Waals surface area contributed by atoms with E-state index in [0.717, 1.165) is 0 Å². The first-order valence-corrected chi connectivity index (χ1v) is 4.09. The van der Waals surface area contributed by atoms with E-state index in [2.05, 4.69) is 30.9 Å². The number of hydrogen-bond donors (Lipinski definition) is 0. The van der Waals surface area contributed by atoms with Gasteiger partial charge in [-0.05, 0) is 12.8 Å². The van der Waals surface area contributed by atoms with E-state index in [1.807, 2.05) is 4.68 Å². The molecule has 0 aliphatic heterocycles. The molecule has 0 aliphatic rings. The minimum Gasteiger partial charge on any atom is -0.250 e. The van der Waals surface area contributed by atoms with Gasteiger partial charge in [0.15, 0.2) is 0 Å². The standard InChI is InChI=1S/C8H15N3/c1-4-7(2)8(3)11-6-9-5-10-11/h5-8H,4H2,1-3H3. The fourth-order valence-electron chi connectivity index (χ4n) is 1.03. The fraction of sp³-hybridized carbons (Fsp3) is 0.750. The van der Waals surface area contributed by atoms with Crippen LogP contribution in [-0.2, 0) is 0 Å². The maximum absolute atomic E-state index is 4.09. The molecule has 0 spiro atoms. The number of rotatable bonds is 3. The highest BCUT2D eigenvalue weighted by molar-refractivity contribution is 4.68. The summed E-state index contributed by atoms with van der Waals surface area (Å²) in [6, 6.07) is 0.461. The summed E-state index contributed by atoms with van der Waals surface area (Å²) in [6.07, 6.45) is 4.54. The predicted molar refractivity (Wildman–Crippen MR) is 44.2 cm³/mol. The quantitative estimate of drug-likeness (QED) is 0.663. The summed E-state index contributed by atoms with van der Waals surface area (Å²) in [4.78, 5) is 3.91. The average molecular weight is 153 g/mol. The van der Waals surface area contributed by atoms with Crippen molar-refractivity contribution in [3.8, 4) is 0 Å². The Kier molecular flexibility index (Phi) is 2.63. The monoisotopic (exact) mass is 153 g/mol. The third-order valence-corrected chi connectivity index (χ3v) is 2.32. The van der Waals surface area contributed by atoms with Crippen molar-refractivity contribution in [3.05, 3.63) is 12.7 Å². The van der Waals surface area contributed by atoms with Gasteiger partial charge in [-0.1, -0.05) is 20.3 Å². The Hall–Kier alpha value is -0.860. The molecule has 3 nitrogen and oxygen atoms in total. The molecule has 1 aromatic rings. The van der Waals surface area contributed by atoms with Crippen molar-refractivity contribution in [2.24, 2.45) is 5.92 Å². The van der Waals surface area contributed by atoms with Crippen LogP contribution in [-0.4, -0.2) is 14.8 Å². The van der Waals surface area contributed by atoms with Crippen molar-refractivity contribution >= 4 is 0 Å². The summed E-state index contributed by atoms with van der Waals surface area (Å²) in [6.45, 7) is 6.59. The lowest BCUT2D eigenvalue weighted by Gasteiger charge is -2.17. The Morgan fingerprint density at radius 3 is 2.64 bits per heavy atom. The fourth-order valence-corrected chi connectivity index (χ4v) is 1.03. The third-order valence-electron chi connectivity index (χ3n) is 2.32. The number of hydrogen-bond acceptors (Lipinski definition) is 2. The van der Waals surface area contributed by atoms with E-state index < -0.39 is 0 Å². The van der Waals surface area contributed by atoms with Crippen LogP contribution in [0, 0.1) is 5.92 Å². The highest BCUT2D eigenvalue weighted by Crippen LogP contribution is 2.17. The third kappa shape index (κ3) is 1.79. The van der Waals surface area contributed by atoms with E-state index in [9.17, 15) is 0 Å². The van der Waals surface area contributed by atoms with Gasteiger partial charge < -0.3 is 0 Å². The van der Waals surface area contributed by atoms with Crippen molar-refractivity contribution in [3.63, 3.8) is 0 Å². The summed E-state index contributed by atoms with van der Waals surface area (Å²) in [5, 5.41) is 4.09. The summed E-state index contributed by atoms with van der Waals surface area (Å²) in [5.41, 5.74) is 0. The molecule has 62 valence electrons. The molecule has 3 heteroatoms. The van der Waals surface area contributed by atoms with Gasteiger partial charge in [0.1, 0.15) is 12.7 Å². The zero-order valence-electron chi connectivity index (χ0n) is 7.36. The van der Waals surface area contributed by atoms with Crippen LogP contribution in [0.1, 0.15) is 33.2 Å². The molecule has 0 bridgehead atoms. The first-order chi connectivity index (χ1) is 5.25. The number of nitrogens with zero attached hydrogens (tertiary/aromatic N) is 3. The van der Waals surface area contributed by atoms with E-state index in [1.165, 1.54) is 6.42 Å². The second kappa shape index (κ2) is 3.51. The Morgan fingerprint density at radius 2 is 2.18 bits per heavy atom. The second-order valence-electron chi connectivity index (χ2n) is 3.00. The zero-order chi connectivity index (χ0) is 8.27. The van der Waals surface area contributed by atoms with Gasteiger partial charge in [0.2, 0.25) is 0 Å². The van der Waals surface area contributed by atoms with E-state index in [-0.39, 0.29) is 0 Å². The van der Waals surface area contributed by atoms with E-state index in [0.29, 0.717) is 12.0 Å². The molecule has 0 aromatic carbocycles. The lowest BCUT2D eigenvalue weighted by Crippen LogP contribution is -2.13. The van der Waals surface area contributed by atoms with Crippen LogP contribution in [0.15, 0.2) is 12.7 Å². The number of aromatic nitrogens is 3. The normalized spacial score (nSPS) is 16.3. The van der Waals surface area contributed by atoms with Gasteiger partial charge in [0.05, 0.1) is 6.04 Å². The molecular formula is C8H15N3. The van der Waals surface area contributed by atoms with Crippen molar-refractivity contribution in [1.82, 2.24) is 14.8 Å². The Labute approximate surface area is 67.4 Å². The minimum absolute atomic E-state index is 0.461. The van der Waals surface area contributed by atoms with Gasteiger partial charge in [-0.15, -0.1) is 0 Å². The molecule has 0 amide bonds. The van der Waals surface area contributed by atoms with Crippen LogP contribution < -0.4 is 0 Å². The summed E-state index contributed by atoms with van der Waals surface area (Å²) >= 11 is 0. The van der Waals surface area contributed by atoms with Crippen LogP contribution in [0.25, 0.3) is 0 Å². The van der Waals surface area contributed by atoms with Gasteiger partial charge in [-0.3, -0.25) is 0 Å². The molecule has 0 fully saturated rings. The molecule has 0 aliphatic carbocycles. The zero-order valence-corrected chi connectivity index (χ0v) is 7.36. The molecular weight excluding hydrogens is 138 g/mol. The smallest absolute Gasteiger partial charge is 0.137 e. The molecule has 0 radical (unpaired) electrons. The van der Waals surface area contributed by atoms with Crippen LogP contribution in [0.3, 0.4) is 0 Å². The Morgan fingerprint density at radius 1 is 1.45 bits per heavy atom. The van der Waals surface area contributed by atoms with E-state index in [1.54, 1.807) is 12.7 Å². The summed E-state index contributed by atoms with van der Waals surface area (Å²) in [5.74, 6) is 0.664. The Bertz CT molecular complexity index is 193. The van der Waals surface area contributed by atoms with E-state index >= 15 is 0 Å². The minimum atomic E-state index is 0.461. The largest absolute Gasteiger partial charge is 0.250 e. The SMILES string of the molecule is CCC(C)C(C)n1cncn1. The molecule has 1 heterocycles. The predicted octanol–water partition coefficient (Wildman–Crippen LogP) is 1.89. The lowest BCUT2D eigenvalue weighted by atomic mass is 10.0. The van der Waals surface area contributed by atoms with Gasteiger partial charge in [-0.25, -0.2) is 9.67 Å².